The lowest BCUT2D eigenvalue weighted by atomic mass is 9.94. The van der Waals surface area contributed by atoms with Crippen molar-refractivity contribution < 1.29 is 18.0 Å². The van der Waals surface area contributed by atoms with Gasteiger partial charge < -0.3 is 4.90 Å². The summed E-state index contributed by atoms with van der Waals surface area (Å²) in [5.74, 6) is -1.14. The molecule has 1 aromatic carbocycles. The molecule has 1 atom stereocenters. The van der Waals surface area contributed by atoms with Crippen molar-refractivity contribution in [2.24, 2.45) is 10.1 Å². The highest BCUT2D eigenvalue weighted by molar-refractivity contribution is 7.89. The number of primary sulfonamides is 1. The molecule has 5 heterocycles. The number of benzene rings is 1. The van der Waals surface area contributed by atoms with Gasteiger partial charge in [-0.15, -0.1) is 0 Å². The zero-order valence-corrected chi connectivity index (χ0v) is 17.8. The number of sulfonamides is 1. The summed E-state index contributed by atoms with van der Waals surface area (Å²) < 4.78 is 26.2. The van der Waals surface area contributed by atoms with Crippen molar-refractivity contribution in [2.45, 2.75) is 11.8 Å². The van der Waals surface area contributed by atoms with Crippen LogP contribution in [0.2, 0.25) is 0 Å². The monoisotopic (exact) mass is 460 g/mol. The summed E-state index contributed by atoms with van der Waals surface area (Å²) in [6.07, 6.45) is 6.43. The maximum Gasteiger partial charge on any atom is 0.261 e. The van der Waals surface area contributed by atoms with Crippen molar-refractivity contribution in [1.82, 2.24) is 14.7 Å². The second kappa shape index (κ2) is 6.70. The molecule has 10 nitrogen and oxygen atoms in total. The number of amides is 2. The molecular weight excluding hydrogens is 444 g/mol. The van der Waals surface area contributed by atoms with Crippen LogP contribution in [0.15, 0.2) is 71.8 Å². The van der Waals surface area contributed by atoms with Gasteiger partial charge >= 0.3 is 0 Å². The molecule has 3 aliphatic heterocycles. The summed E-state index contributed by atoms with van der Waals surface area (Å²) in [7, 11) is -3.89. The van der Waals surface area contributed by atoms with Crippen molar-refractivity contribution in [3.8, 4) is 0 Å². The van der Waals surface area contributed by atoms with Gasteiger partial charge in [-0.2, -0.15) is 0 Å². The van der Waals surface area contributed by atoms with E-state index in [4.69, 9.17) is 5.14 Å². The van der Waals surface area contributed by atoms with Crippen molar-refractivity contribution in [1.29, 1.82) is 0 Å². The predicted octanol–water partition coefficient (Wildman–Crippen LogP) is 0.695. The lowest BCUT2D eigenvalue weighted by molar-refractivity contribution is -0.123. The van der Waals surface area contributed by atoms with Crippen molar-refractivity contribution in [3.63, 3.8) is 0 Å². The van der Waals surface area contributed by atoms with Gasteiger partial charge in [-0.25, -0.2) is 18.5 Å². The number of aromatic nitrogens is 2. The molecule has 164 valence electrons. The molecule has 0 bridgehead atoms. The van der Waals surface area contributed by atoms with E-state index in [1.807, 2.05) is 12.1 Å². The number of nitrogens with two attached hydrogens (primary N) is 1. The normalized spacial score (nSPS) is 19.7. The highest BCUT2D eigenvalue weighted by atomic mass is 32.2. The first-order valence-corrected chi connectivity index (χ1v) is 11.6. The summed E-state index contributed by atoms with van der Waals surface area (Å²) in [5, 5.41) is 6.86. The summed E-state index contributed by atoms with van der Waals surface area (Å²) in [5.41, 5.74) is 3.49. The van der Waals surface area contributed by atoms with E-state index in [0.29, 0.717) is 22.6 Å². The maximum atomic E-state index is 13.0. The summed E-state index contributed by atoms with van der Waals surface area (Å²) in [6, 6.07) is 10.7. The Bertz CT molecular complexity index is 1600. The molecule has 11 heteroatoms. The van der Waals surface area contributed by atoms with Crippen LogP contribution in [-0.2, 0) is 26.0 Å². The quantitative estimate of drug-likeness (QED) is 0.552. The topological polar surface area (TPSA) is 139 Å². The van der Waals surface area contributed by atoms with Crippen LogP contribution in [-0.4, -0.2) is 40.7 Å². The number of para-hydroxylation sites is 1. The molecule has 0 aliphatic carbocycles. The number of hydrogen-bond donors (Lipinski definition) is 2. The Hall–Kier alpha value is -4.09. The lowest BCUT2D eigenvalue weighted by Gasteiger charge is -2.22. The number of imide groups is 1. The van der Waals surface area contributed by atoms with Crippen LogP contribution in [0.25, 0.3) is 11.2 Å². The van der Waals surface area contributed by atoms with Gasteiger partial charge in [-0.3, -0.25) is 24.3 Å². The van der Waals surface area contributed by atoms with Crippen LogP contribution in [0.3, 0.4) is 0 Å². The number of pyridine rings is 1. The Morgan fingerprint density at radius 3 is 2.70 bits per heavy atom. The fourth-order valence-corrected chi connectivity index (χ4v) is 5.52. The Morgan fingerprint density at radius 1 is 1.06 bits per heavy atom. The van der Waals surface area contributed by atoms with Crippen LogP contribution in [0, 0.1) is 0 Å². The van der Waals surface area contributed by atoms with Gasteiger partial charge in [0.1, 0.15) is 5.65 Å². The Labute approximate surface area is 187 Å². The molecule has 3 aliphatic rings. The van der Waals surface area contributed by atoms with Gasteiger partial charge in [-0.1, -0.05) is 24.3 Å². The van der Waals surface area contributed by atoms with E-state index in [2.05, 4.69) is 15.3 Å². The van der Waals surface area contributed by atoms with E-state index in [0.717, 1.165) is 5.56 Å². The number of nitrogens with zero attached hydrogens (tertiary/aromatic N) is 4. The van der Waals surface area contributed by atoms with Gasteiger partial charge in [0, 0.05) is 30.6 Å². The Morgan fingerprint density at radius 2 is 1.88 bits per heavy atom. The lowest BCUT2D eigenvalue weighted by Crippen LogP contribution is -2.39. The molecule has 2 amide bonds. The second-order valence-electron chi connectivity index (χ2n) is 7.85. The van der Waals surface area contributed by atoms with E-state index < -0.39 is 27.2 Å². The van der Waals surface area contributed by atoms with Crippen LogP contribution < -0.4 is 15.4 Å². The third-order valence-electron chi connectivity index (χ3n) is 5.99. The van der Waals surface area contributed by atoms with Gasteiger partial charge in [0.15, 0.2) is 5.37 Å². The van der Waals surface area contributed by atoms with Crippen LogP contribution in [0.5, 0.6) is 0 Å². The first-order chi connectivity index (χ1) is 15.8. The Balaban J connectivity index is 1.60. The molecule has 33 heavy (non-hydrogen) atoms. The molecule has 0 radical (unpaired) electrons. The average molecular weight is 460 g/mol. The van der Waals surface area contributed by atoms with Crippen molar-refractivity contribution in [2.75, 3.05) is 4.90 Å². The number of nitrogens with one attached hydrogen (secondary N) is 1. The third kappa shape index (κ3) is 2.79. The van der Waals surface area contributed by atoms with Crippen molar-refractivity contribution >= 4 is 44.5 Å². The molecule has 1 unspecified atom stereocenters. The van der Waals surface area contributed by atoms with Gasteiger partial charge in [-0.05, 0) is 17.7 Å². The van der Waals surface area contributed by atoms with E-state index in [1.165, 1.54) is 18.6 Å². The highest BCUT2D eigenvalue weighted by Crippen LogP contribution is 2.40. The number of aliphatic imine (C=N–C) groups is 1. The zero-order chi connectivity index (χ0) is 22.9. The van der Waals surface area contributed by atoms with Gasteiger partial charge in [0.2, 0.25) is 10.0 Å². The summed E-state index contributed by atoms with van der Waals surface area (Å²) in [4.78, 5) is 36.3. The molecule has 0 saturated heterocycles. The number of carbonyl (C=O) groups is 2. The first kappa shape index (κ1) is 19.6. The largest absolute Gasteiger partial charge is 0.327 e. The number of rotatable bonds is 3. The number of hydrogen-bond acceptors (Lipinski definition) is 7. The average Bonchev–Trinajstić information content (AvgIpc) is 3.40. The fraction of sp³-hybridized carbons (Fsp3) is 0.0909. The van der Waals surface area contributed by atoms with Gasteiger partial charge in [0.05, 0.1) is 34.4 Å². The standard InChI is InChI=1S/C22H16N6O4S/c23-33(31,32)16-10-12-4-3-5-13-19(24-7-9-28(16)20(12)13)18-17(21(29)26-22(18)30)14-11-25-15-6-1-2-8-27(14)15/h1-9,11,16H,10H2,(H2,23,31,32)(H,26,29,30). The molecule has 2 aromatic heterocycles. The number of carbonyl (C=O) groups excluding carboxylic acids is 2. The minimum absolute atomic E-state index is 0.101. The smallest absolute Gasteiger partial charge is 0.261 e. The molecule has 6 rings (SSSR count). The molecule has 0 fully saturated rings. The van der Waals surface area contributed by atoms with E-state index in [-0.39, 0.29) is 23.3 Å². The fourth-order valence-electron chi connectivity index (χ4n) is 4.62. The predicted molar refractivity (Wildman–Crippen MR) is 120 cm³/mol. The molecule has 0 spiro atoms. The summed E-state index contributed by atoms with van der Waals surface area (Å²) >= 11 is 0. The summed E-state index contributed by atoms with van der Waals surface area (Å²) in [6.45, 7) is 0. The maximum absolute atomic E-state index is 13.0. The third-order valence-corrected chi connectivity index (χ3v) is 7.14. The van der Waals surface area contributed by atoms with Crippen LogP contribution >= 0.6 is 0 Å². The van der Waals surface area contributed by atoms with Gasteiger partial charge in [0.25, 0.3) is 11.8 Å². The number of imidazole rings is 1. The van der Waals surface area contributed by atoms with E-state index >= 15 is 0 Å². The number of anilines is 1. The van der Waals surface area contributed by atoms with Crippen LogP contribution in [0.1, 0.15) is 16.8 Å². The SMILES string of the molecule is NS(=O)(=O)C1Cc2cccc3c2N1C=CN=C3C1=C(c2cnc3ccccn23)C(=O)NC1=O. The van der Waals surface area contributed by atoms with E-state index in [1.54, 1.807) is 39.8 Å². The Kier molecular flexibility index (Phi) is 3.98. The number of fused-ring (bicyclic) bond motifs is 1. The highest BCUT2D eigenvalue weighted by Gasteiger charge is 2.42. The molecular formula is C22H16N6O4S. The van der Waals surface area contributed by atoms with Crippen LogP contribution in [0.4, 0.5) is 5.69 Å². The second-order valence-corrected chi connectivity index (χ2v) is 9.57. The van der Waals surface area contributed by atoms with E-state index in [9.17, 15) is 18.0 Å². The first-order valence-electron chi connectivity index (χ1n) is 10.0. The minimum atomic E-state index is -3.89. The minimum Gasteiger partial charge on any atom is -0.327 e. The zero-order valence-electron chi connectivity index (χ0n) is 17.0. The molecule has 3 N–H and O–H groups in total. The van der Waals surface area contributed by atoms with Crippen molar-refractivity contribution in [3.05, 3.63) is 83.6 Å². The molecule has 3 aromatic rings. The molecule has 0 saturated carbocycles.